The van der Waals surface area contributed by atoms with Crippen LogP contribution in [0.3, 0.4) is 0 Å². The van der Waals surface area contributed by atoms with E-state index >= 15 is 0 Å². The van der Waals surface area contributed by atoms with E-state index in [4.69, 9.17) is 14.2 Å². The van der Waals surface area contributed by atoms with Crippen molar-refractivity contribution in [1.82, 2.24) is 53.7 Å². The van der Waals surface area contributed by atoms with E-state index in [2.05, 4.69) is 51.8 Å². The molecular formula is C53H61N15O16. The lowest BCUT2D eigenvalue weighted by Gasteiger charge is -2.43. The van der Waals surface area contributed by atoms with Crippen LogP contribution in [0.1, 0.15) is 111 Å². The number of amides is 5. The molecule has 5 amide bonds. The lowest BCUT2D eigenvalue weighted by atomic mass is 9.72. The largest absolute Gasteiger partial charge is 0.507 e. The van der Waals surface area contributed by atoms with E-state index in [1.807, 2.05) is 0 Å². The number of phenols is 2. The van der Waals surface area contributed by atoms with E-state index in [1.165, 1.54) is 89.5 Å². The van der Waals surface area contributed by atoms with Gasteiger partial charge in [-0.05, 0) is 27.1 Å². The number of carbonyl (C=O) groups is 8. The number of benzene rings is 2. The highest BCUT2D eigenvalue weighted by Crippen LogP contribution is 2.52. The Morgan fingerprint density at radius 2 is 1.25 bits per heavy atom. The maximum Gasteiger partial charge on any atom is 0.292 e. The Hall–Kier alpha value is -9.24. The van der Waals surface area contributed by atoms with Crippen LogP contribution >= 0.6 is 0 Å². The van der Waals surface area contributed by atoms with Gasteiger partial charge in [0, 0.05) is 108 Å². The highest BCUT2D eigenvalue weighted by molar-refractivity contribution is 6.31. The molecule has 0 bridgehead atoms. The number of aromatic hydroxyl groups is 2. The normalized spacial score (nSPS) is 19.9. The Morgan fingerprint density at radius 3 is 1.76 bits per heavy atom. The van der Waals surface area contributed by atoms with Gasteiger partial charge in [-0.2, -0.15) is 0 Å². The molecule has 0 spiro atoms. The molecule has 1 fully saturated rings. The Kier molecular flexibility index (Phi) is 16.7. The molecule has 3 aliphatic rings. The number of nitrogens with one attached hydrogen (secondary N) is 6. The van der Waals surface area contributed by atoms with Gasteiger partial charge in [0.05, 0.1) is 48.7 Å². The molecule has 2 aromatic carbocycles. The average Bonchev–Trinajstić information content (AvgIpc) is 1.04. The number of methoxy groups -OCH3 is 1. The van der Waals surface area contributed by atoms with E-state index in [1.54, 1.807) is 33.0 Å². The predicted octanol–water partition coefficient (Wildman–Crippen LogP) is -0.747. The first-order valence-electron chi connectivity index (χ1n) is 26.1. The van der Waals surface area contributed by atoms with E-state index < -0.39 is 119 Å². The molecule has 84 heavy (non-hydrogen) atoms. The Labute approximate surface area is 477 Å². The number of likely N-dealkylation sites (N-methyl/N-ethyl adjacent to an activating group) is 1. The summed E-state index contributed by atoms with van der Waals surface area (Å²) < 4.78 is 23.2. The number of ketones is 3. The second-order valence-corrected chi connectivity index (χ2v) is 20.7. The average molecular weight is 1160 g/mol. The highest BCUT2D eigenvalue weighted by Gasteiger charge is 2.50. The molecule has 0 saturated carbocycles. The van der Waals surface area contributed by atoms with Gasteiger partial charge in [0.2, 0.25) is 35.0 Å². The lowest BCUT2D eigenvalue weighted by molar-refractivity contribution is -0.249. The predicted molar refractivity (Wildman–Crippen MR) is 292 cm³/mol. The third kappa shape index (κ3) is 11.6. The number of hydrogen-bond acceptors (Lipinski definition) is 22. The van der Waals surface area contributed by atoms with Gasteiger partial charge in [-0.1, -0.05) is 12.1 Å². The summed E-state index contributed by atoms with van der Waals surface area (Å²) >= 11 is 0. The van der Waals surface area contributed by atoms with Gasteiger partial charge in [-0.15, -0.1) is 0 Å². The van der Waals surface area contributed by atoms with Crippen LogP contribution in [0.2, 0.25) is 0 Å². The fourth-order valence-electron chi connectivity index (χ4n) is 10.4. The molecule has 1 aliphatic heterocycles. The van der Waals surface area contributed by atoms with Crippen molar-refractivity contribution in [1.29, 1.82) is 0 Å². The van der Waals surface area contributed by atoms with Gasteiger partial charge in [0.25, 0.3) is 23.6 Å². The van der Waals surface area contributed by atoms with Crippen LogP contribution < -0.4 is 36.6 Å². The molecule has 6 aromatic rings. The highest BCUT2D eigenvalue weighted by atomic mass is 16.7. The van der Waals surface area contributed by atoms with E-state index in [0.29, 0.717) is 0 Å². The number of nitrogens with zero attached hydrogens (tertiary/aromatic N) is 9. The maximum atomic E-state index is 14.1. The van der Waals surface area contributed by atoms with Crippen molar-refractivity contribution in [3.05, 3.63) is 99.7 Å². The molecule has 31 nitrogen and oxygen atoms in total. The molecular weight excluding hydrogens is 1100 g/mol. The number of aromatic nitrogens is 8. The molecule has 31 heteroatoms. The summed E-state index contributed by atoms with van der Waals surface area (Å²) in [5, 5.41) is 72.6. The molecule has 4 aromatic heterocycles. The van der Waals surface area contributed by atoms with Crippen LogP contribution in [0.5, 0.6) is 17.2 Å². The number of anilines is 4. The fourth-order valence-corrected chi connectivity index (χ4v) is 10.4. The zero-order valence-corrected chi connectivity index (χ0v) is 46.6. The summed E-state index contributed by atoms with van der Waals surface area (Å²) in [5.41, 5.74) is -4.21. The molecule has 0 radical (unpaired) electrons. The molecule has 9 rings (SSSR count). The number of hydrogen-bond donors (Lipinski definition) is 11. The number of Topliss-reactive ketones (excluding diaryl/α,β-unsaturated/α-hetero) is 1. The van der Waals surface area contributed by atoms with Crippen LogP contribution in [-0.2, 0) is 53.7 Å². The van der Waals surface area contributed by atoms with Crippen molar-refractivity contribution in [2.24, 2.45) is 28.2 Å². The summed E-state index contributed by atoms with van der Waals surface area (Å²) in [4.78, 5) is 125. The number of aryl methyl sites for hydroxylation is 4. The number of rotatable bonds is 19. The molecule has 444 valence electrons. The zero-order chi connectivity index (χ0) is 60.8. The van der Waals surface area contributed by atoms with Gasteiger partial charge < -0.3 is 94.8 Å². The third-order valence-electron chi connectivity index (χ3n) is 14.3. The van der Waals surface area contributed by atoms with E-state index in [-0.39, 0.29) is 107 Å². The van der Waals surface area contributed by atoms with Crippen molar-refractivity contribution in [3.8, 4) is 17.2 Å². The summed E-state index contributed by atoms with van der Waals surface area (Å²) in [6.07, 6.45) is -0.475. The number of imidazole rings is 4. The number of aliphatic hydroxyl groups is 3. The topological polar surface area (TPSA) is 412 Å². The Morgan fingerprint density at radius 1 is 0.738 bits per heavy atom. The van der Waals surface area contributed by atoms with Gasteiger partial charge >= 0.3 is 0 Å². The third-order valence-corrected chi connectivity index (χ3v) is 14.3. The van der Waals surface area contributed by atoms with E-state index in [9.17, 15) is 63.9 Å². The van der Waals surface area contributed by atoms with Gasteiger partial charge in [-0.25, -0.2) is 19.9 Å². The fraction of sp³-hybridized carbons (Fsp3) is 0.396. The summed E-state index contributed by atoms with van der Waals surface area (Å²) in [5.74, 6) is -7.56. The number of ether oxygens (including phenoxy) is 3. The maximum absolute atomic E-state index is 14.1. The quantitative estimate of drug-likeness (QED) is 0.0351. The minimum Gasteiger partial charge on any atom is -0.507 e. The molecule has 5 heterocycles. The lowest BCUT2D eigenvalue weighted by Crippen LogP contribution is -2.55. The number of phenolic OH excluding ortho intramolecular Hbond substituents is 2. The Bertz CT molecular complexity index is 3670. The number of fused-ring (bicyclic) bond motifs is 3. The first kappa shape index (κ1) is 59.4. The molecule has 6 atom stereocenters. The van der Waals surface area contributed by atoms with Crippen molar-refractivity contribution < 1.29 is 78.1 Å². The van der Waals surface area contributed by atoms with Crippen LogP contribution in [0, 0.1) is 0 Å². The van der Waals surface area contributed by atoms with Crippen LogP contribution in [0.25, 0.3) is 0 Å². The first-order chi connectivity index (χ1) is 39.8. The van der Waals surface area contributed by atoms with Gasteiger partial charge in [-0.3, -0.25) is 38.4 Å². The van der Waals surface area contributed by atoms with Gasteiger partial charge in [0.1, 0.15) is 29.5 Å². The summed E-state index contributed by atoms with van der Waals surface area (Å²) in [7, 11) is 10.9. The van der Waals surface area contributed by atoms with Crippen LogP contribution in [0.15, 0.2) is 43.0 Å². The molecule has 11 N–H and O–H groups in total. The monoisotopic (exact) mass is 1160 g/mol. The van der Waals surface area contributed by atoms with Crippen molar-refractivity contribution in [2.75, 3.05) is 68.7 Å². The first-order valence-corrected chi connectivity index (χ1v) is 26.1. The minimum absolute atomic E-state index is 0.00983. The standard InChI is InChI=1S/C53H61N15O16/c1-23-40(72)26(14-35(83-23)84-28-16-53(81,29(70)22-69)15-25-37(28)44(76)39-38(42(25)74)41(73)24-10-9-11-27(82-8)36(24)43(39)75)54-12-13-55-49(77)45-58-31(18-65(45)4)61-51(79)47-60-33(20-67(47)6)63-52(80)48-59-32(19-68(48)7)62-50(78)46-57-30(17-66(46)5)56-34(71)21-64(2)3/h9-11,17-20,23,26,28,35,40,54,69,72,74,76,81H,12-16,21-22H2,1-8H3,(H,55,77)(H,56,71)(H,61,79)(H,62,78)(H,63,80)/t23-,26-,28-,35?,40+,53?/m1/s1. The van der Waals surface area contributed by atoms with Crippen molar-refractivity contribution >= 4 is 70.2 Å². The second-order valence-electron chi connectivity index (χ2n) is 20.7. The van der Waals surface area contributed by atoms with E-state index in [0.717, 1.165) is 0 Å². The SMILES string of the molecule is COc1cccc2c1C(=O)c1c(O)c3c(c(O)c1C2=O)CC(O)(C(=O)CO)C[C@H]3OC1C[C@@H](NCCNC(=O)c2nc(NC(=O)c3nc(NC(=O)c4nc(NC(=O)c5nc(NC(=O)CN(C)C)cn5C)cn4C)cn3C)cn2C)[C@@H](O)[C@@H](C)O1. The number of carbonyl (C=O) groups excluding carboxylic acids is 8. The van der Waals surface area contributed by atoms with Crippen molar-refractivity contribution in [2.45, 2.75) is 62.4 Å². The zero-order valence-electron chi connectivity index (χ0n) is 46.6. The van der Waals surface area contributed by atoms with Crippen molar-refractivity contribution in [3.63, 3.8) is 0 Å². The van der Waals surface area contributed by atoms with Crippen LogP contribution in [0.4, 0.5) is 23.3 Å². The van der Waals surface area contributed by atoms with Crippen LogP contribution in [-0.4, -0.2) is 193 Å². The molecule has 1 saturated heterocycles. The smallest absolute Gasteiger partial charge is 0.292 e. The summed E-state index contributed by atoms with van der Waals surface area (Å²) in [6.45, 7) is 0.618. The molecule has 2 aliphatic carbocycles. The molecule has 2 unspecified atom stereocenters. The summed E-state index contributed by atoms with van der Waals surface area (Å²) in [6, 6.07) is 3.51. The minimum atomic E-state index is -2.38. The van der Waals surface area contributed by atoms with Gasteiger partial charge in [0.15, 0.2) is 41.1 Å². The number of aliphatic hydroxyl groups excluding tert-OH is 2. The second kappa shape index (κ2) is 23.6. The Balaban J connectivity index is 0.794.